The van der Waals surface area contributed by atoms with E-state index in [4.69, 9.17) is 10.3 Å². The van der Waals surface area contributed by atoms with Crippen LogP contribution in [0.25, 0.3) is 34.0 Å². The Morgan fingerprint density at radius 3 is 2.26 bits per heavy atom. The molecule has 8 heteroatoms. The number of benzene rings is 2. The molecule has 0 aliphatic rings. The smallest absolute Gasteiger partial charge is 0.189 e. The summed E-state index contributed by atoms with van der Waals surface area (Å²) in [6.07, 6.45) is 1.62. The fourth-order valence-corrected chi connectivity index (χ4v) is 4.34. The highest BCUT2D eigenvalue weighted by molar-refractivity contribution is 7.92. The van der Waals surface area contributed by atoms with Crippen LogP contribution >= 0.6 is 0 Å². The van der Waals surface area contributed by atoms with E-state index in [2.05, 4.69) is 46.4 Å². The third kappa shape index (κ3) is 5.47. The second kappa shape index (κ2) is 10.4. The minimum atomic E-state index is -1.04. The van der Waals surface area contributed by atoms with E-state index in [1.165, 1.54) is 5.56 Å². The molecule has 3 N–H and O–H groups in total. The summed E-state index contributed by atoms with van der Waals surface area (Å²) in [6, 6.07) is 17.9. The number of rotatable bonds is 8. The lowest BCUT2D eigenvalue weighted by atomic mass is 10.1. The van der Waals surface area contributed by atoms with Crippen molar-refractivity contribution in [2.45, 2.75) is 50.4 Å². The zero-order valence-electron chi connectivity index (χ0n) is 19.8. The van der Waals surface area contributed by atoms with Crippen molar-refractivity contribution in [2.24, 2.45) is 0 Å². The van der Waals surface area contributed by atoms with Crippen molar-refractivity contribution in [3.8, 4) is 34.0 Å². The Labute approximate surface area is 203 Å². The van der Waals surface area contributed by atoms with Gasteiger partial charge >= 0.3 is 0 Å². The molecule has 4 aromatic rings. The Balaban J connectivity index is 1.56. The number of anilines is 1. The molecule has 0 radical (unpaired) electrons. The Kier molecular flexibility index (Phi) is 7.31. The third-order valence-electron chi connectivity index (χ3n) is 5.32. The van der Waals surface area contributed by atoms with Crippen LogP contribution < -0.4 is 11.1 Å². The fourth-order valence-electron chi connectivity index (χ4n) is 3.39. The van der Waals surface area contributed by atoms with Crippen LogP contribution in [0.4, 0.5) is 5.82 Å². The number of nitrogens with zero attached hydrogens (tertiary/aromatic N) is 3. The van der Waals surface area contributed by atoms with Crippen LogP contribution in [0, 0.1) is 0 Å². The van der Waals surface area contributed by atoms with Gasteiger partial charge in [0.1, 0.15) is 10.9 Å². The van der Waals surface area contributed by atoms with Gasteiger partial charge < -0.3 is 20.1 Å². The van der Waals surface area contributed by atoms with Crippen molar-refractivity contribution in [3.05, 3.63) is 66.4 Å². The summed E-state index contributed by atoms with van der Waals surface area (Å²) in [5.74, 6) is 0.712. The van der Waals surface area contributed by atoms with Crippen molar-refractivity contribution < 1.29 is 9.08 Å². The van der Waals surface area contributed by atoms with E-state index in [0.717, 1.165) is 22.6 Å². The topological polar surface area (TPSA) is 113 Å². The summed E-state index contributed by atoms with van der Waals surface area (Å²) >= 11 is -1.04. The molecule has 0 amide bonds. The van der Waals surface area contributed by atoms with Crippen LogP contribution in [-0.2, 0) is 17.7 Å². The SMILES string of the molecule is CC(C)NCc1ccc(-c2cc(-c3nc(-c4ccc([S+]([O-])C(C)C)cc4)cnc3N)on2)cc1. The Hall–Kier alpha value is -3.20. The molecule has 176 valence electrons. The highest BCUT2D eigenvalue weighted by atomic mass is 32.2. The molecule has 2 heterocycles. The van der Waals surface area contributed by atoms with Crippen molar-refractivity contribution in [1.82, 2.24) is 20.4 Å². The average molecular weight is 476 g/mol. The van der Waals surface area contributed by atoms with Crippen LogP contribution in [0.1, 0.15) is 33.3 Å². The van der Waals surface area contributed by atoms with E-state index in [-0.39, 0.29) is 11.1 Å². The van der Waals surface area contributed by atoms with Gasteiger partial charge in [0.15, 0.2) is 22.2 Å². The van der Waals surface area contributed by atoms with Crippen LogP contribution in [0.2, 0.25) is 0 Å². The monoisotopic (exact) mass is 475 g/mol. The molecule has 1 unspecified atom stereocenters. The van der Waals surface area contributed by atoms with E-state index in [0.29, 0.717) is 28.9 Å². The highest BCUT2D eigenvalue weighted by Crippen LogP contribution is 2.30. The predicted octanol–water partition coefficient (Wildman–Crippen LogP) is 5.06. The number of hydrogen-bond donors (Lipinski definition) is 2. The molecule has 0 aliphatic heterocycles. The van der Waals surface area contributed by atoms with Crippen LogP contribution in [0.3, 0.4) is 0 Å². The summed E-state index contributed by atoms with van der Waals surface area (Å²) < 4.78 is 17.9. The number of nitrogens with one attached hydrogen (secondary N) is 1. The molecule has 1 atom stereocenters. The number of nitrogens with two attached hydrogens (primary N) is 1. The second-order valence-electron chi connectivity index (χ2n) is 8.67. The molecular formula is C26H29N5O2S. The fraction of sp³-hybridized carbons (Fsp3) is 0.269. The second-order valence-corrected chi connectivity index (χ2v) is 10.7. The van der Waals surface area contributed by atoms with E-state index < -0.39 is 11.2 Å². The lowest BCUT2D eigenvalue weighted by Crippen LogP contribution is -2.21. The number of aromatic nitrogens is 3. The van der Waals surface area contributed by atoms with E-state index in [1.54, 1.807) is 6.20 Å². The van der Waals surface area contributed by atoms with E-state index >= 15 is 0 Å². The van der Waals surface area contributed by atoms with Crippen LogP contribution in [0.15, 0.2) is 70.2 Å². The Morgan fingerprint density at radius 2 is 1.62 bits per heavy atom. The maximum absolute atomic E-state index is 12.3. The van der Waals surface area contributed by atoms with Crippen LogP contribution in [-0.4, -0.2) is 31.0 Å². The van der Waals surface area contributed by atoms with Gasteiger partial charge in [0.2, 0.25) is 0 Å². The van der Waals surface area contributed by atoms with Gasteiger partial charge in [-0.1, -0.05) is 43.3 Å². The molecule has 7 nitrogen and oxygen atoms in total. The molecule has 34 heavy (non-hydrogen) atoms. The molecular weight excluding hydrogens is 446 g/mol. The van der Waals surface area contributed by atoms with Gasteiger partial charge in [0, 0.05) is 29.8 Å². The first-order chi connectivity index (χ1) is 16.3. The molecule has 0 saturated carbocycles. The van der Waals surface area contributed by atoms with Gasteiger partial charge in [-0.2, -0.15) is 0 Å². The van der Waals surface area contributed by atoms with Crippen molar-refractivity contribution in [1.29, 1.82) is 0 Å². The molecule has 0 aliphatic carbocycles. The molecule has 2 aromatic heterocycles. The standard InChI is InChI=1S/C26H29N5O2S/c1-16(2)28-14-18-5-7-19(8-6-18)22-13-24(33-31-22)25-26(27)29-15-23(30-25)20-9-11-21(12-10-20)34(32)17(3)4/h5-13,15-17,28H,14H2,1-4H3,(H2,27,29). The molecule has 0 fully saturated rings. The van der Waals surface area contributed by atoms with Crippen LogP contribution in [0.5, 0.6) is 0 Å². The summed E-state index contributed by atoms with van der Waals surface area (Å²) in [5.41, 5.74) is 10.9. The predicted molar refractivity (Wildman–Crippen MR) is 136 cm³/mol. The van der Waals surface area contributed by atoms with Gasteiger partial charge in [-0.3, -0.25) is 0 Å². The summed E-state index contributed by atoms with van der Waals surface area (Å²) in [5, 5.41) is 7.67. The zero-order valence-corrected chi connectivity index (χ0v) is 20.6. The molecule has 4 rings (SSSR count). The van der Waals surface area contributed by atoms with Crippen molar-refractivity contribution >= 4 is 17.0 Å². The average Bonchev–Trinajstić information content (AvgIpc) is 3.33. The quantitative estimate of drug-likeness (QED) is 0.342. The minimum Gasteiger partial charge on any atom is -0.611 e. The van der Waals surface area contributed by atoms with Gasteiger partial charge in [-0.15, -0.1) is 0 Å². The number of nitrogen functional groups attached to an aromatic ring is 1. The number of hydrogen-bond acceptors (Lipinski definition) is 7. The van der Waals surface area contributed by atoms with E-state index in [1.807, 2.05) is 56.3 Å². The van der Waals surface area contributed by atoms with Gasteiger partial charge in [-0.25, -0.2) is 9.97 Å². The molecule has 0 saturated heterocycles. The Bertz CT molecular complexity index is 1240. The largest absolute Gasteiger partial charge is 0.611 e. The summed E-state index contributed by atoms with van der Waals surface area (Å²) in [7, 11) is 0. The molecule has 2 aromatic carbocycles. The van der Waals surface area contributed by atoms with Gasteiger partial charge in [0.05, 0.1) is 11.9 Å². The van der Waals surface area contributed by atoms with Gasteiger partial charge in [0.25, 0.3) is 0 Å². The molecule has 0 spiro atoms. The minimum absolute atomic E-state index is 0.0577. The normalized spacial score (nSPS) is 12.4. The Morgan fingerprint density at radius 1 is 0.971 bits per heavy atom. The zero-order chi connectivity index (χ0) is 24.2. The summed E-state index contributed by atoms with van der Waals surface area (Å²) in [4.78, 5) is 9.77. The first-order valence-corrected chi connectivity index (χ1v) is 12.5. The maximum Gasteiger partial charge on any atom is 0.189 e. The molecule has 0 bridgehead atoms. The highest BCUT2D eigenvalue weighted by Gasteiger charge is 2.17. The first kappa shape index (κ1) is 23.9. The van der Waals surface area contributed by atoms with E-state index in [9.17, 15) is 4.55 Å². The maximum atomic E-state index is 12.3. The van der Waals surface area contributed by atoms with Crippen molar-refractivity contribution in [2.75, 3.05) is 5.73 Å². The van der Waals surface area contributed by atoms with Crippen molar-refractivity contribution in [3.63, 3.8) is 0 Å². The summed E-state index contributed by atoms with van der Waals surface area (Å²) in [6.45, 7) is 8.94. The third-order valence-corrected chi connectivity index (χ3v) is 6.91. The van der Waals surface area contributed by atoms with Gasteiger partial charge in [-0.05, 0) is 54.9 Å². The first-order valence-electron chi connectivity index (χ1n) is 11.2. The lowest BCUT2D eigenvalue weighted by Gasteiger charge is -2.14. The lowest BCUT2D eigenvalue weighted by molar-refractivity contribution is 0.434.